The molecular weight excluding hydrogens is 214 g/mol. The first kappa shape index (κ1) is 12.1. The van der Waals surface area contributed by atoms with E-state index in [0.29, 0.717) is 12.1 Å². The molecule has 3 heteroatoms. The highest BCUT2D eigenvalue weighted by molar-refractivity contribution is 5.88. The van der Waals surface area contributed by atoms with Crippen LogP contribution in [0.25, 0.3) is 0 Å². The minimum absolute atomic E-state index is 0.0281. The molecule has 0 aliphatic heterocycles. The van der Waals surface area contributed by atoms with Gasteiger partial charge in [0.15, 0.2) is 0 Å². The Hall–Kier alpha value is -1.35. The van der Waals surface area contributed by atoms with Crippen LogP contribution in [0, 0.1) is 13.8 Å². The number of nitrogens with two attached hydrogens (primary N) is 1. The van der Waals surface area contributed by atoms with Crippen molar-refractivity contribution in [3.05, 3.63) is 34.4 Å². The summed E-state index contributed by atoms with van der Waals surface area (Å²) in [4.78, 5) is 11.1. The molecule has 3 nitrogen and oxygen atoms in total. The molecule has 1 aliphatic carbocycles. The lowest BCUT2D eigenvalue weighted by molar-refractivity contribution is 0.0696. The number of benzene rings is 1. The van der Waals surface area contributed by atoms with Gasteiger partial charge in [0.2, 0.25) is 0 Å². The highest BCUT2D eigenvalue weighted by Crippen LogP contribution is 2.44. The van der Waals surface area contributed by atoms with Crippen molar-refractivity contribution in [2.75, 3.05) is 6.54 Å². The predicted octanol–water partition coefficient (Wildman–Crippen LogP) is 2.38. The zero-order valence-electron chi connectivity index (χ0n) is 10.4. The molecule has 3 N–H and O–H groups in total. The average Bonchev–Trinajstić information content (AvgIpc) is 2.22. The molecule has 92 valence electrons. The lowest BCUT2D eigenvalue weighted by Crippen LogP contribution is -2.42. The normalized spacial score (nSPS) is 17.6. The SMILES string of the molecule is Cc1cc(C(=O)O)cc(C2(CN)CCC2)c1C. The van der Waals surface area contributed by atoms with E-state index in [1.165, 1.54) is 12.0 Å². The van der Waals surface area contributed by atoms with Gasteiger partial charge >= 0.3 is 5.97 Å². The highest BCUT2D eigenvalue weighted by Gasteiger charge is 2.38. The van der Waals surface area contributed by atoms with Crippen LogP contribution in [0.15, 0.2) is 12.1 Å². The van der Waals surface area contributed by atoms with Crippen LogP contribution in [0.4, 0.5) is 0 Å². The number of hydrogen-bond donors (Lipinski definition) is 2. The van der Waals surface area contributed by atoms with E-state index in [2.05, 4.69) is 6.92 Å². The van der Waals surface area contributed by atoms with E-state index in [1.54, 1.807) is 6.07 Å². The summed E-state index contributed by atoms with van der Waals surface area (Å²) in [5.74, 6) is -0.860. The van der Waals surface area contributed by atoms with Gasteiger partial charge in [0, 0.05) is 12.0 Å². The maximum absolute atomic E-state index is 11.1. The van der Waals surface area contributed by atoms with Crippen molar-refractivity contribution in [3.63, 3.8) is 0 Å². The molecule has 1 fully saturated rings. The van der Waals surface area contributed by atoms with Gasteiger partial charge in [0.1, 0.15) is 0 Å². The smallest absolute Gasteiger partial charge is 0.335 e. The van der Waals surface area contributed by atoms with Gasteiger partial charge < -0.3 is 10.8 Å². The molecule has 0 unspecified atom stereocenters. The molecule has 1 saturated carbocycles. The number of carboxylic acids is 1. The lowest BCUT2D eigenvalue weighted by atomic mass is 9.63. The van der Waals surface area contributed by atoms with Crippen LogP contribution in [-0.4, -0.2) is 17.6 Å². The van der Waals surface area contributed by atoms with Gasteiger partial charge in [-0.25, -0.2) is 4.79 Å². The fraction of sp³-hybridized carbons (Fsp3) is 0.500. The molecule has 0 amide bonds. The Labute approximate surface area is 102 Å². The molecule has 0 atom stereocenters. The molecule has 2 rings (SSSR count). The van der Waals surface area contributed by atoms with Crippen LogP contribution < -0.4 is 5.73 Å². The highest BCUT2D eigenvalue weighted by atomic mass is 16.4. The summed E-state index contributed by atoms with van der Waals surface area (Å²) in [7, 11) is 0. The fourth-order valence-electron chi connectivity index (χ4n) is 2.72. The molecule has 0 aromatic heterocycles. The molecule has 0 saturated heterocycles. The Morgan fingerprint density at radius 2 is 2.06 bits per heavy atom. The van der Waals surface area contributed by atoms with Crippen LogP contribution in [0.2, 0.25) is 0 Å². The van der Waals surface area contributed by atoms with Gasteiger partial charge in [0.25, 0.3) is 0 Å². The van der Waals surface area contributed by atoms with E-state index in [9.17, 15) is 4.79 Å². The van der Waals surface area contributed by atoms with Gasteiger partial charge in [-0.1, -0.05) is 6.42 Å². The topological polar surface area (TPSA) is 63.3 Å². The standard InChI is InChI=1S/C14H19NO2/c1-9-6-11(13(16)17)7-12(10(9)2)14(8-15)4-3-5-14/h6-7H,3-5,8,15H2,1-2H3,(H,16,17). The van der Waals surface area contributed by atoms with E-state index in [4.69, 9.17) is 10.8 Å². The number of carboxylic acid groups (broad SMARTS) is 1. The quantitative estimate of drug-likeness (QED) is 0.842. The Kier molecular flexibility index (Phi) is 2.96. The maximum atomic E-state index is 11.1. The fourth-order valence-corrected chi connectivity index (χ4v) is 2.72. The summed E-state index contributed by atoms with van der Waals surface area (Å²) in [6, 6.07) is 3.56. The molecule has 1 aromatic carbocycles. The third-order valence-electron chi connectivity index (χ3n) is 4.19. The molecule has 17 heavy (non-hydrogen) atoms. The number of rotatable bonds is 3. The summed E-state index contributed by atoms with van der Waals surface area (Å²) in [6.45, 7) is 4.64. The Morgan fingerprint density at radius 1 is 1.41 bits per heavy atom. The van der Waals surface area contributed by atoms with Crippen LogP contribution in [0.3, 0.4) is 0 Å². The first-order valence-electron chi connectivity index (χ1n) is 6.05. The van der Waals surface area contributed by atoms with Crippen molar-refractivity contribution in [1.29, 1.82) is 0 Å². The van der Waals surface area contributed by atoms with E-state index in [1.807, 2.05) is 13.0 Å². The maximum Gasteiger partial charge on any atom is 0.335 e. The van der Waals surface area contributed by atoms with Crippen LogP contribution >= 0.6 is 0 Å². The lowest BCUT2D eigenvalue weighted by Gasteiger charge is -2.43. The average molecular weight is 233 g/mol. The summed E-state index contributed by atoms with van der Waals surface area (Å²) in [5, 5.41) is 9.12. The van der Waals surface area contributed by atoms with Gasteiger partial charge in [-0.05, 0) is 55.5 Å². The van der Waals surface area contributed by atoms with Gasteiger partial charge in [-0.15, -0.1) is 0 Å². The molecular formula is C14H19NO2. The predicted molar refractivity (Wildman–Crippen MR) is 67.5 cm³/mol. The summed E-state index contributed by atoms with van der Waals surface area (Å²) in [6.07, 6.45) is 3.34. The minimum Gasteiger partial charge on any atom is -0.478 e. The monoisotopic (exact) mass is 233 g/mol. The minimum atomic E-state index is -0.860. The first-order valence-corrected chi connectivity index (χ1v) is 6.05. The van der Waals surface area contributed by atoms with Crippen molar-refractivity contribution >= 4 is 5.97 Å². The Balaban J connectivity index is 2.56. The molecule has 1 aliphatic rings. The number of carbonyl (C=O) groups is 1. The molecule has 0 heterocycles. The van der Waals surface area contributed by atoms with Crippen molar-refractivity contribution in [2.24, 2.45) is 5.73 Å². The first-order chi connectivity index (χ1) is 8.00. The molecule has 0 spiro atoms. The van der Waals surface area contributed by atoms with E-state index < -0.39 is 5.97 Å². The van der Waals surface area contributed by atoms with Crippen LogP contribution in [0.1, 0.15) is 46.3 Å². The number of aryl methyl sites for hydroxylation is 1. The van der Waals surface area contributed by atoms with Crippen LogP contribution in [0.5, 0.6) is 0 Å². The second kappa shape index (κ2) is 4.15. The third kappa shape index (κ3) is 1.84. The van der Waals surface area contributed by atoms with Crippen molar-refractivity contribution < 1.29 is 9.90 Å². The number of hydrogen-bond acceptors (Lipinski definition) is 2. The van der Waals surface area contributed by atoms with Crippen molar-refractivity contribution in [3.8, 4) is 0 Å². The molecule has 0 radical (unpaired) electrons. The number of aromatic carboxylic acids is 1. The van der Waals surface area contributed by atoms with Gasteiger partial charge in [-0.3, -0.25) is 0 Å². The Bertz CT molecular complexity index is 456. The summed E-state index contributed by atoms with van der Waals surface area (Å²) in [5.41, 5.74) is 9.68. The van der Waals surface area contributed by atoms with E-state index in [-0.39, 0.29) is 5.41 Å². The van der Waals surface area contributed by atoms with Crippen molar-refractivity contribution in [1.82, 2.24) is 0 Å². The largest absolute Gasteiger partial charge is 0.478 e. The molecule has 0 bridgehead atoms. The van der Waals surface area contributed by atoms with Gasteiger partial charge in [-0.2, -0.15) is 0 Å². The van der Waals surface area contributed by atoms with Crippen molar-refractivity contribution in [2.45, 2.75) is 38.5 Å². The second-order valence-electron chi connectivity index (χ2n) is 5.11. The second-order valence-corrected chi connectivity index (χ2v) is 5.11. The summed E-state index contributed by atoms with van der Waals surface area (Å²) < 4.78 is 0. The Morgan fingerprint density at radius 3 is 2.47 bits per heavy atom. The van der Waals surface area contributed by atoms with E-state index >= 15 is 0 Å². The van der Waals surface area contributed by atoms with Crippen LogP contribution in [-0.2, 0) is 5.41 Å². The summed E-state index contributed by atoms with van der Waals surface area (Å²) >= 11 is 0. The zero-order chi connectivity index (χ0) is 12.6. The third-order valence-corrected chi connectivity index (χ3v) is 4.19. The van der Waals surface area contributed by atoms with E-state index in [0.717, 1.165) is 24.0 Å². The van der Waals surface area contributed by atoms with Gasteiger partial charge in [0.05, 0.1) is 5.56 Å². The molecule has 1 aromatic rings. The zero-order valence-corrected chi connectivity index (χ0v) is 10.4.